The summed E-state index contributed by atoms with van der Waals surface area (Å²) < 4.78 is 33.2. The molecule has 0 unspecified atom stereocenters. The quantitative estimate of drug-likeness (QED) is 0.404. The highest BCUT2D eigenvalue weighted by Crippen LogP contribution is 2.26. The van der Waals surface area contributed by atoms with Crippen LogP contribution in [0.2, 0.25) is 0 Å². The van der Waals surface area contributed by atoms with E-state index in [1.807, 2.05) is 0 Å². The Morgan fingerprint density at radius 3 is 2.27 bits per heavy atom. The fraction of sp³-hybridized carbons (Fsp3) is 0.238. The number of nitrogens with one attached hydrogen (secondary N) is 4. The van der Waals surface area contributed by atoms with E-state index in [-0.39, 0.29) is 27.3 Å². The minimum Gasteiger partial charge on any atom is -0.495 e. The number of benzene rings is 2. The highest BCUT2D eigenvalue weighted by molar-refractivity contribution is 7.89. The Kier molecular flexibility index (Phi) is 6.51. The van der Waals surface area contributed by atoms with Crippen molar-refractivity contribution in [3.05, 3.63) is 64.1 Å². The number of H-pyrrole nitrogens is 1. The first-order chi connectivity index (χ1) is 15.4. The number of hydrogen-bond acceptors (Lipinski definition) is 7. The minimum atomic E-state index is -4.01. The molecule has 12 heteroatoms. The number of sulfonamides is 1. The lowest BCUT2D eigenvalue weighted by atomic mass is 10.1. The van der Waals surface area contributed by atoms with Gasteiger partial charge in [0.25, 0.3) is 17.4 Å². The second kappa shape index (κ2) is 9.00. The first kappa shape index (κ1) is 23.9. The highest BCUT2D eigenvalue weighted by atomic mass is 32.2. The molecule has 0 radical (unpaired) electrons. The molecule has 2 aromatic carbocycles. The van der Waals surface area contributed by atoms with Crippen LogP contribution >= 0.6 is 0 Å². The summed E-state index contributed by atoms with van der Waals surface area (Å²) in [5.74, 6) is -1.49. The van der Waals surface area contributed by atoms with Gasteiger partial charge in [0.2, 0.25) is 10.0 Å². The lowest BCUT2D eigenvalue weighted by Gasteiger charge is -2.21. The van der Waals surface area contributed by atoms with E-state index < -0.39 is 32.9 Å². The van der Waals surface area contributed by atoms with Gasteiger partial charge in [-0.05, 0) is 45.0 Å². The van der Waals surface area contributed by atoms with Crippen LogP contribution in [0, 0.1) is 0 Å². The van der Waals surface area contributed by atoms with Crippen LogP contribution in [0.25, 0.3) is 10.8 Å². The third-order valence-electron chi connectivity index (χ3n) is 4.36. The van der Waals surface area contributed by atoms with Crippen LogP contribution < -0.4 is 25.9 Å². The van der Waals surface area contributed by atoms with Crippen molar-refractivity contribution in [3.8, 4) is 5.75 Å². The van der Waals surface area contributed by atoms with Gasteiger partial charge >= 0.3 is 0 Å². The second-order valence-electron chi connectivity index (χ2n) is 8.08. The number of hydrogen-bond donors (Lipinski definition) is 4. The van der Waals surface area contributed by atoms with Crippen LogP contribution in [-0.4, -0.2) is 43.1 Å². The highest BCUT2D eigenvalue weighted by Gasteiger charge is 2.26. The van der Waals surface area contributed by atoms with Gasteiger partial charge in [0, 0.05) is 16.5 Å². The second-order valence-corrected chi connectivity index (χ2v) is 9.73. The maximum Gasteiger partial charge on any atom is 0.290 e. The zero-order chi connectivity index (χ0) is 24.4. The molecule has 0 atom stereocenters. The average Bonchev–Trinajstić information content (AvgIpc) is 2.75. The van der Waals surface area contributed by atoms with Crippen molar-refractivity contribution in [2.75, 3.05) is 7.11 Å². The predicted octanol–water partition coefficient (Wildman–Crippen LogP) is 1.08. The standard InChI is InChI=1S/C21H23N5O6S/c1-21(2,3)26-33(30,31)16-11-12(9-10-15(16)32-4)18(27)23-25-20(29)17-13-7-5-6-8-14(13)19(28)24-22-17/h5-11,26H,1-4H3,(H,23,27)(H,24,28)(H,25,29). The van der Waals surface area contributed by atoms with Crippen LogP contribution in [0.1, 0.15) is 41.6 Å². The molecular formula is C21H23N5O6S. The third-order valence-corrected chi connectivity index (χ3v) is 6.14. The van der Waals surface area contributed by atoms with Crippen molar-refractivity contribution in [1.29, 1.82) is 0 Å². The van der Waals surface area contributed by atoms with Gasteiger partial charge < -0.3 is 4.74 Å². The van der Waals surface area contributed by atoms with Crippen molar-refractivity contribution in [3.63, 3.8) is 0 Å². The van der Waals surface area contributed by atoms with Gasteiger partial charge in [0.15, 0.2) is 5.69 Å². The molecule has 0 saturated carbocycles. The number of aromatic amines is 1. The summed E-state index contributed by atoms with van der Waals surface area (Å²) in [7, 11) is -2.69. The SMILES string of the molecule is COc1ccc(C(=O)NNC(=O)c2n[nH]c(=O)c3ccccc23)cc1S(=O)(=O)NC(C)(C)C. The number of hydrazine groups is 1. The fourth-order valence-electron chi connectivity index (χ4n) is 3.02. The lowest BCUT2D eigenvalue weighted by Crippen LogP contribution is -2.42. The molecule has 33 heavy (non-hydrogen) atoms. The Morgan fingerprint density at radius 1 is 1.00 bits per heavy atom. The van der Waals surface area contributed by atoms with E-state index in [1.54, 1.807) is 39.0 Å². The minimum absolute atomic E-state index is 0.0373. The molecule has 0 bridgehead atoms. The first-order valence-corrected chi connectivity index (χ1v) is 11.2. The normalized spacial score (nSPS) is 11.8. The Morgan fingerprint density at radius 2 is 1.64 bits per heavy atom. The zero-order valence-corrected chi connectivity index (χ0v) is 19.2. The van der Waals surface area contributed by atoms with Gasteiger partial charge in [-0.1, -0.05) is 18.2 Å². The van der Waals surface area contributed by atoms with Crippen molar-refractivity contribution in [2.45, 2.75) is 31.2 Å². The molecule has 0 aliphatic carbocycles. The number of methoxy groups -OCH3 is 1. The predicted molar refractivity (Wildman–Crippen MR) is 120 cm³/mol. The number of aromatic nitrogens is 2. The maximum atomic E-state index is 12.8. The van der Waals surface area contributed by atoms with Crippen molar-refractivity contribution < 1.29 is 22.7 Å². The van der Waals surface area contributed by atoms with Crippen LogP contribution in [0.15, 0.2) is 52.2 Å². The average molecular weight is 474 g/mol. The van der Waals surface area contributed by atoms with Gasteiger partial charge in [-0.15, -0.1) is 0 Å². The Hall–Kier alpha value is -3.77. The number of amides is 2. The van der Waals surface area contributed by atoms with Gasteiger partial charge in [-0.2, -0.15) is 5.10 Å². The molecule has 1 aromatic heterocycles. The van der Waals surface area contributed by atoms with Crippen LogP contribution in [0.3, 0.4) is 0 Å². The number of carbonyl (C=O) groups excluding carboxylic acids is 2. The van der Waals surface area contributed by atoms with E-state index in [4.69, 9.17) is 4.74 Å². The molecule has 0 aliphatic heterocycles. The molecular weight excluding hydrogens is 450 g/mol. The summed E-state index contributed by atoms with van der Waals surface area (Å²) in [6.07, 6.45) is 0. The topological polar surface area (TPSA) is 159 Å². The molecule has 1 heterocycles. The summed E-state index contributed by atoms with van der Waals surface area (Å²) in [6.45, 7) is 5.03. The van der Waals surface area contributed by atoms with E-state index in [9.17, 15) is 22.8 Å². The summed E-state index contributed by atoms with van der Waals surface area (Å²) in [4.78, 5) is 36.8. The van der Waals surface area contributed by atoms with Gasteiger partial charge in [-0.25, -0.2) is 18.2 Å². The molecule has 0 fully saturated rings. The van der Waals surface area contributed by atoms with Crippen molar-refractivity contribution >= 4 is 32.6 Å². The third kappa shape index (κ3) is 5.35. The van der Waals surface area contributed by atoms with E-state index >= 15 is 0 Å². The lowest BCUT2D eigenvalue weighted by molar-refractivity contribution is 0.0844. The summed E-state index contributed by atoms with van der Waals surface area (Å²) in [6, 6.07) is 10.2. The Balaban J connectivity index is 1.84. The molecule has 0 saturated heterocycles. The van der Waals surface area contributed by atoms with Crippen molar-refractivity contribution in [2.24, 2.45) is 0 Å². The monoisotopic (exact) mass is 473 g/mol. The largest absolute Gasteiger partial charge is 0.495 e. The van der Waals surface area contributed by atoms with E-state index in [0.717, 1.165) is 6.07 Å². The number of nitrogens with zero attached hydrogens (tertiary/aromatic N) is 1. The molecule has 0 aliphatic rings. The molecule has 2 amide bonds. The van der Waals surface area contributed by atoms with Gasteiger partial charge in [-0.3, -0.25) is 25.2 Å². The summed E-state index contributed by atoms with van der Waals surface area (Å²) >= 11 is 0. The zero-order valence-electron chi connectivity index (χ0n) is 18.3. The van der Waals surface area contributed by atoms with Crippen LogP contribution in [-0.2, 0) is 10.0 Å². The molecule has 3 rings (SSSR count). The Bertz CT molecular complexity index is 1390. The van der Waals surface area contributed by atoms with E-state index in [1.165, 1.54) is 25.3 Å². The molecule has 0 spiro atoms. The van der Waals surface area contributed by atoms with Crippen LogP contribution in [0.4, 0.5) is 0 Å². The molecule has 11 nitrogen and oxygen atoms in total. The van der Waals surface area contributed by atoms with Gasteiger partial charge in [0.1, 0.15) is 10.6 Å². The number of carbonyl (C=O) groups is 2. The van der Waals surface area contributed by atoms with Crippen molar-refractivity contribution in [1.82, 2.24) is 25.8 Å². The summed E-state index contributed by atoms with van der Waals surface area (Å²) in [5.41, 5.74) is 3.07. The molecule has 4 N–H and O–H groups in total. The first-order valence-electron chi connectivity index (χ1n) is 9.73. The number of ether oxygens (including phenoxy) is 1. The Labute approximate surface area is 189 Å². The van der Waals surface area contributed by atoms with E-state index in [2.05, 4.69) is 25.8 Å². The maximum absolute atomic E-state index is 12.8. The van der Waals surface area contributed by atoms with Gasteiger partial charge in [0.05, 0.1) is 12.5 Å². The fourth-order valence-corrected chi connectivity index (χ4v) is 4.63. The summed E-state index contributed by atoms with van der Waals surface area (Å²) in [5, 5.41) is 6.56. The smallest absolute Gasteiger partial charge is 0.290 e. The molecule has 3 aromatic rings. The van der Waals surface area contributed by atoms with E-state index in [0.29, 0.717) is 5.39 Å². The number of fused-ring (bicyclic) bond motifs is 1. The van der Waals surface area contributed by atoms with Crippen LogP contribution in [0.5, 0.6) is 5.75 Å². The number of rotatable bonds is 5. The molecule has 174 valence electrons.